The van der Waals surface area contributed by atoms with Crippen molar-refractivity contribution in [3.8, 4) is 5.75 Å². The van der Waals surface area contributed by atoms with Crippen molar-refractivity contribution in [3.05, 3.63) is 28.0 Å². The third-order valence-electron chi connectivity index (χ3n) is 2.09. The van der Waals surface area contributed by atoms with Crippen LogP contribution < -0.4 is 4.74 Å². The SMILES string of the molecule is COc1cc(C)c2nc(Cl)c(Cl)nc2c1. The van der Waals surface area contributed by atoms with Gasteiger partial charge in [0.05, 0.1) is 18.1 Å². The normalized spacial score (nSPS) is 10.7. The molecule has 0 saturated heterocycles. The number of nitrogens with zero attached hydrogens (tertiary/aromatic N) is 2. The molecule has 0 saturated carbocycles. The lowest BCUT2D eigenvalue weighted by Crippen LogP contribution is -1.92. The minimum absolute atomic E-state index is 0.205. The molecule has 3 nitrogen and oxygen atoms in total. The number of halogens is 2. The van der Waals surface area contributed by atoms with Crippen LogP contribution in [0.25, 0.3) is 11.0 Å². The Kier molecular flexibility index (Phi) is 2.67. The van der Waals surface area contributed by atoms with Gasteiger partial charge in [-0.15, -0.1) is 0 Å². The lowest BCUT2D eigenvalue weighted by Gasteiger charge is -2.05. The van der Waals surface area contributed by atoms with Crippen molar-refractivity contribution >= 4 is 34.2 Å². The first-order chi connectivity index (χ1) is 7.11. The van der Waals surface area contributed by atoms with E-state index in [9.17, 15) is 0 Å². The largest absolute Gasteiger partial charge is 0.497 e. The van der Waals surface area contributed by atoms with E-state index in [1.807, 2.05) is 13.0 Å². The van der Waals surface area contributed by atoms with Gasteiger partial charge in [-0.1, -0.05) is 23.2 Å². The Hall–Kier alpha value is -1.06. The third kappa shape index (κ3) is 1.85. The predicted octanol–water partition coefficient (Wildman–Crippen LogP) is 3.25. The Morgan fingerprint density at radius 3 is 2.47 bits per heavy atom. The van der Waals surface area contributed by atoms with Crippen LogP contribution in [0.2, 0.25) is 10.3 Å². The molecule has 1 aromatic heterocycles. The maximum atomic E-state index is 5.80. The van der Waals surface area contributed by atoms with Crippen LogP contribution in [0.3, 0.4) is 0 Å². The summed E-state index contributed by atoms with van der Waals surface area (Å²) in [5.41, 5.74) is 2.38. The van der Waals surface area contributed by atoms with E-state index in [1.54, 1.807) is 13.2 Å². The average molecular weight is 243 g/mol. The van der Waals surface area contributed by atoms with Crippen LogP contribution in [-0.4, -0.2) is 17.1 Å². The van der Waals surface area contributed by atoms with Gasteiger partial charge in [0.15, 0.2) is 10.3 Å². The molecule has 0 amide bonds. The molecule has 78 valence electrons. The number of hydrogen-bond donors (Lipinski definition) is 0. The molecule has 0 bridgehead atoms. The fourth-order valence-corrected chi connectivity index (χ4v) is 1.63. The van der Waals surface area contributed by atoms with Gasteiger partial charge >= 0.3 is 0 Å². The van der Waals surface area contributed by atoms with Crippen molar-refractivity contribution in [1.82, 2.24) is 9.97 Å². The summed E-state index contributed by atoms with van der Waals surface area (Å²) in [6.45, 7) is 1.92. The number of aryl methyl sites for hydroxylation is 1. The van der Waals surface area contributed by atoms with Gasteiger partial charge < -0.3 is 4.74 Å². The van der Waals surface area contributed by atoms with Gasteiger partial charge in [0.1, 0.15) is 5.75 Å². The van der Waals surface area contributed by atoms with Gasteiger partial charge in [-0.25, -0.2) is 9.97 Å². The quantitative estimate of drug-likeness (QED) is 0.771. The fraction of sp³-hybridized carbons (Fsp3) is 0.200. The van der Waals surface area contributed by atoms with E-state index in [-0.39, 0.29) is 10.3 Å². The summed E-state index contributed by atoms with van der Waals surface area (Å²) in [5.74, 6) is 0.729. The first-order valence-corrected chi connectivity index (χ1v) is 5.05. The zero-order valence-electron chi connectivity index (χ0n) is 8.21. The van der Waals surface area contributed by atoms with Crippen molar-refractivity contribution in [3.63, 3.8) is 0 Å². The van der Waals surface area contributed by atoms with Crippen LogP contribution in [0.4, 0.5) is 0 Å². The number of rotatable bonds is 1. The highest BCUT2D eigenvalue weighted by molar-refractivity contribution is 6.40. The standard InChI is InChI=1S/C10H8Cl2N2O/c1-5-3-6(15-2)4-7-8(5)14-10(12)9(11)13-7/h3-4H,1-2H3. The molecule has 2 rings (SSSR count). The lowest BCUT2D eigenvalue weighted by atomic mass is 10.2. The summed E-state index contributed by atoms with van der Waals surface area (Å²) in [6.07, 6.45) is 0. The van der Waals surface area contributed by atoms with Crippen LogP contribution in [-0.2, 0) is 0 Å². The van der Waals surface area contributed by atoms with Crippen LogP contribution in [0, 0.1) is 6.92 Å². The Bertz CT molecular complexity index is 528. The van der Waals surface area contributed by atoms with E-state index in [1.165, 1.54) is 0 Å². The van der Waals surface area contributed by atoms with Gasteiger partial charge in [-0.05, 0) is 18.6 Å². The van der Waals surface area contributed by atoms with Gasteiger partial charge in [0.2, 0.25) is 0 Å². The third-order valence-corrected chi connectivity index (χ3v) is 2.71. The number of benzene rings is 1. The minimum atomic E-state index is 0.205. The van der Waals surface area contributed by atoms with Crippen LogP contribution >= 0.6 is 23.2 Å². The second kappa shape index (κ2) is 3.83. The Labute approximate surface area is 97.0 Å². The summed E-state index contributed by atoms with van der Waals surface area (Å²) < 4.78 is 5.13. The molecule has 0 atom stereocenters. The zero-order valence-corrected chi connectivity index (χ0v) is 9.73. The number of fused-ring (bicyclic) bond motifs is 1. The summed E-state index contributed by atoms with van der Waals surface area (Å²) in [5, 5.41) is 0.425. The van der Waals surface area contributed by atoms with Crippen molar-refractivity contribution in [2.24, 2.45) is 0 Å². The van der Waals surface area contributed by atoms with Crippen LogP contribution in [0.1, 0.15) is 5.56 Å². The zero-order chi connectivity index (χ0) is 11.0. The molecule has 5 heteroatoms. The number of aromatic nitrogens is 2. The number of hydrogen-bond acceptors (Lipinski definition) is 3. The first-order valence-electron chi connectivity index (χ1n) is 4.29. The summed E-state index contributed by atoms with van der Waals surface area (Å²) in [7, 11) is 1.60. The maximum Gasteiger partial charge on any atom is 0.167 e. The summed E-state index contributed by atoms with van der Waals surface area (Å²) in [4.78, 5) is 8.30. The summed E-state index contributed by atoms with van der Waals surface area (Å²) >= 11 is 11.6. The van der Waals surface area contributed by atoms with Gasteiger partial charge in [0, 0.05) is 6.07 Å². The minimum Gasteiger partial charge on any atom is -0.497 e. The first kappa shape index (κ1) is 10.5. The molecule has 2 aromatic rings. The maximum absolute atomic E-state index is 5.80. The lowest BCUT2D eigenvalue weighted by molar-refractivity contribution is 0.415. The molecule has 0 aliphatic rings. The smallest absolute Gasteiger partial charge is 0.167 e. The predicted molar refractivity (Wildman–Crippen MR) is 60.8 cm³/mol. The molecule has 0 unspecified atom stereocenters. The number of ether oxygens (including phenoxy) is 1. The Morgan fingerprint density at radius 1 is 1.13 bits per heavy atom. The molecule has 1 aromatic carbocycles. The van der Waals surface area contributed by atoms with Crippen molar-refractivity contribution < 1.29 is 4.74 Å². The topological polar surface area (TPSA) is 35.0 Å². The van der Waals surface area contributed by atoms with E-state index in [0.29, 0.717) is 5.52 Å². The van der Waals surface area contributed by atoms with E-state index in [0.717, 1.165) is 16.8 Å². The molecule has 0 radical (unpaired) electrons. The van der Waals surface area contributed by atoms with Gasteiger partial charge in [-0.2, -0.15) is 0 Å². The molecule has 0 spiro atoms. The van der Waals surface area contributed by atoms with E-state index in [2.05, 4.69) is 9.97 Å². The van der Waals surface area contributed by atoms with E-state index < -0.39 is 0 Å². The molecule has 0 aliphatic carbocycles. The van der Waals surface area contributed by atoms with Gasteiger partial charge in [-0.3, -0.25) is 0 Å². The molecule has 0 N–H and O–H groups in total. The Balaban J connectivity index is 2.80. The molecule has 1 heterocycles. The molecular weight excluding hydrogens is 235 g/mol. The Morgan fingerprint density at radius 2 is 1.80 bits per heavy atom. The average Bonchev–Trinajstić information content (AvgIpc) is 2.21. The molecule has 0 fully saturated rings. The van der Waals surface area contributed by atoms with Crippen molar-refractivity contribution in [1.29, 1.82) is 0 Å². The molecule has 0 aliphatic heterocycles. The highest BCUT2D eigenvalue weighted by Crippen LogP contribution is 2.26. The second-order valence-electron chi connectivity index (χ2n) is 3.12. The van der Waals surface area contributed by atoms with Crippen LogP contribution in [0.15, 0.2) is 12.1 Å². The number of methoxy groups -OCH3 is 1. The van der Waals surface area contributed by atoms with E-state index in [4.69, 9.17) is 27.9 Å². The van der Waals surface area contributed by atoms with Crippen LogP contribution in [0.5, 0.6) is 5.75 Å². The van der Waals surface area contributed by atoms with Crippen molar-refractivity contribution in [2.45, 2.75) is 6.92 Å². The molecular formula is C10H8Cl2N2O. The van der Waals surface area contributed by atoms with E-state index >= 15 is 0 Å². The highest BCUT2D eigenvalue weighted by Gasteiger charge is 2.08. The monoisotopic (exact) mass is 242 g/mol. The highest BCUT2D eigenvalue weighted by atomic mass is 35.5. The van der Waals surface area contributed by atoms with Crippen molar-refractivity contribution in [2.75, 3.05) is 7.11 Å². The molecule has 15 heavy (non-hydrogen) atoms. The summed E-state index contributed by atoms with van der Waals surface area (Å²) in [6, 6.07) is 3.65. The van der Waals surface area contributed by atoms with Gasteiger partial charge in [0.25, 0.3) is 0 Å². The second-order valence-corrected chi connectivity index (χ2v) is 3.83. The fourth-order valence-electron chi connectivity index (χ4n) is 1.37.